The molecule has 0 aromatic heterocycles. The monoisotopic (exact) mass is 466 g/mol. The molecule has 4 aromatic carbocycles. The first-order valence-electron chi connectivity index (χ1n) is 11.7. The highest BCUT2D eigenvalue weighted by atomic mass is 16.5. The van der Waals surface area contributed by atoms with E-state index in [4.69, 9.17) is 9.47 Å². The van der Waals surface area contributed by atoms with Gasteiger partial charge in [0.25, 0.3) is 5.91 Å². The van der Waals surface area contributed by atoms with Crippen LogP contribution in [0.1, 0.15) is 52.4 Å². The van der Waals surface area contributed by atoms with Gasteiger partial charge in [-0.1, -0.05) is 68.4 Å². The summed E-state index contributed by atoms with van der Waals surface area (Å²) in [7, 11) is 1.62. The molecule has 5 heteroatoms. The van der Waals surface area contributed by atoms with Gasteiger partial charge >= 0.3 is 0 Å². The molecule has 0 spiro atoms. The fraction of sp³-hybridized carbons (Fsp3) is 0.200. The first-order valence-corrected chi connectivity index (χ1v) is 11.7. The number of hydrogen-bond acceptors (Lipinski definition) is 4. The van der Waals surface area contributed by atoms with E-state index in [0.29, 0.717) is 23.8 Å². The van der Waals surface area contributed by atoms with Crippen molar-refractivity contribution in [2.75, 3.05) is 7.11 Å². The summed E-state index contributed by atoms with van der Waals surface area (Å²) in [5.41, 5.74) is 7.29. The molecule has 5 nitrogen and oxygen atoms in total. The van der Waals surface area contributed by atoms with E-state index in [0.717, 1.165) is 33.2 Å². The van der Waals surface area contributed by atoms with Gasteiger partial charge in [0, 0.05) is 11.1 Å². The topological polar surface area (TPSA) is 59.9 Å². The molecular weight excluding hydrogens is 436 g/mol. The highest BCUT2D eigenvalue weighted by molar-refractivity contribution is 6.03. The van der Waals surface area contributed by atoms with Gasteiger partial charge in [-0.25, -0.2) is 5.43 Å². The number of aryl methyl sites for hydroxylation is 1. The lowest BCUT2D eigenvalue weighted by Crippen LogP contribution is -2.17. The molecule has 0 unspecified atom stereocenters. The maximum atomic E-state index is 12.6. The average molecular weight is 467 g/mol. The van der Waals surface area contributed by atoms with Crippen LogP contribution in [0.3, 0.4) is 0 Å². The molecule has 0 radical (unpaired) electrons. The van der Waals surface area contributed by atoms with Gasteiger partial charge in [-0.2, -0.15) is 5.10 Å². The maximum Gasteiger partial charge on any atom is 0.271 e. The van der Waals surface area contributed by atoms with Gasteiger partial charge < -0.3 is 9.47 Å². The number of carbonyl (C=O) groups excluding carboxylic acids is 1. The molecule has 0 saturated carbocycles. The molecule has 1 amide bonds. The molecule has 35 heavy (non-hydrogen) atoms. The second kappa shape index (κ2) is 10.9. The number of nitrogens with zero attached hydrogens (tertiary/aromatic N) is 1. The number of methoxy groups -OCH3 is 1. The molecule has 0 aliphatic rings. The summed E-state index contributed by atoms with van der Waals surface area (Å²) in [6, 6.07) is 25.5. The van der Waals surface area contributed by atoms with E-state index in [1.165, 1.54) is 5.56 Å². The Hall–Kier alpha value is -4.12. The third kappa shape index (κ3) is 5.69. The number of amides is 1. The van der Waals surface area contributed by atoms with Crippen LogP contribution >= 0.6 is 0 Å². The third-order valence-corrected chi connectivity index (χ3v) is 5.91. The summed E-state index contributed by atoms with van der Waals surface area (Å²) in [5, 5.41) is 6.26. The van der Waals surface area contributed by atoms with Crippen LogP contribution < -0.4 is 14.9 Å². The molecule has 178 valence electrons. The Morgan fingerprint density at radius 1 is 0.971 bits per heavy atom. The minimum Gasteiger partial charge on any atom is -0.496 e. The van der Waals surface area contributed by atoms with E-state index >= 15 is 0 Å². The number of rotatable bonds is 8. The largest absolute Gasteiger partial charge is 0.496 e. The van der Waals surface area contributed by atoms with Crippen molar-refractivity contribution in [3.8, 4) is 11.5 Å². The normalized spacial score (nSPS) is 11.2. The lowest BCUT2D eigenvalue weighted by atomic mass is 10.0. The second-order valence-corrected chi connectivity index (χ2v) is 8.78. The molecule has 0 bridgehead atoms. The summed E-state index contributed by atoms with van der Waals surface area (Å²) < 4.78 is 11.6. The molecule has 0 fully saturated rings. The fourth-order valence-corrected chi connectivity index (χ4v) is 3.96. The minimum absolute atomic E-state index is 0.284. The molecule has 4 aromatic rings. The fourth-order valence-electron chi connectivity index (χ4n) is 3.96. The number of nitrogens with one attached hydrogen (secondary N) is 1. The summed E-state index contributed by atoms with van der Waals surface area (Å²) >= 11 is 0. The zero-order chi connectivity index (χ0) is 24.8. The summed E-state index contributed by atoms with van der Waals surface area (Å²) in [4.78, 5) is 12.6. The summed E-state index contributed by atoms with van der Waals surface area (Å²) in [6.45, 7) is 6.81. The molecule has 0 heterocycles. The molecule has 0 saturated heterocycles. The van der Waals surface area contributed by atoms with Crippen LogP contribution in [0.15, 0.2) is 84.0 Å². The lowest BCUT2D eigenvalue weighted by molar-refractivity contribution is 0.0955. The van der Waals surface area contributed by atoms with E-state index < -0.39 is 0 Å². The SMILES string of the molecule is COc1ccc2ccccc2c1/C=N/NC(=O)c1ccc(COc2cc(C)ccc2C(C)C)cc1. The first-order chi connectivity index (χ1) is 17.0. The van der Waals surface area contributed by atoms with Crippen molar-refractivity contribution in [2.45, 2.75) is 33.3 Å². The van der Waals surface area contributed by atoms with Gasteiger partial charge in [-0.15, -0.1) is 0 Å². The number of ether oxygens (including phenoxy) is 2. The molecule has 4 rings (SSSR count). The summed E-state index contributed by atoms with van der Waals surface area (Å²) in [6.07, 6.45) is 1.62. The second-order valence-electron chi connectivity index (χ2n) is 8.78. The van der Waals surface area contributed by atoms with Crippen molar-refractivity contribution >= 4 is 22.9 Å². The Morgan fingerprint density at radius 2 is 1.74 bits per heavy atom. The Kier molecular flexibility index (Phi) is 7.46. The quantitative estimate of drug-likeness (QED) is 0.234. The third-order valence-electron chi connectivity index (χ3n) is 5.91. The summed E-state index contributed by atoms with van der Waals surface area (Å²) in [5.74, 6) is 1.69. The van der Waals surface area contributed by atoms with Crippen LogP contribution in [0.4, 0.5) is 0 Å². The lowest BCUT2D eigenvalue weighted by Gasteiger charge is -2.15. The predicted molar refractivity (Wildman–Crippen MR) is 142 cm³/mol. The maximum absolute atomic E-state index is 12.6. The van der Waals surface area contributed by atoms with Crippen LogP contribution in [-0.4, -0.2) is 19.2 Å². The van der Waals surface area contributed by atoms with Crippen LogP contribution in [0.5, 0.6) is 11.5 Å². The van der Waals surface area contributed by atoms with Gasteiger partial charge in [0.05, 0.1) is 13.3 Å². The zero-order valence-electron chi connectivity index (χ0n) is 20.5. The van der Waals surface area contributed by atoms with Crippen molar-refractivity contribution in [1.82, 2.24) is 5.43 Å². The molecule has 1 N–H and O–H groups in total. The Labute approximate surface area is 206 Å². The average Bonchev–Trinajstić information content (AvgIpc) is 2.87. The van der Waals surface area contributed by atoms with Crippen molar-refractivity contribution in [3.63, 3.8) is 0 Å². The number of carbonyl (C=O) groups is 1. The van der Waals surface area contributed by atoms with Crippen molar-refractivity contribution in [1.29, 1.82) is 0 Å². The standard InChI is InChI=1S/C30H30N2O3/c1-20(2)25-15-9-21(3)17-29(25)35-19-22-10-12-24(13-11-22)30(33)32-31-18-27-26-8-6-5-7-23(26)14-16-28(27)34-4/h5-18,20H,19H2,1-4H3,(H,32,33)/b31-18+. The minimum atomic E-state index is -0.284. The Balaban J connectivity index is 1.41. The molecule has 0 aliphatic carbocycles. The van der Waals surface area contributed by atoms with E-state index in [9.17, 15) is 4.79 Å². The van der Waals surface area contributed by atoms with Gasteiger partial charge in [0.2, 0.25) is 0 Å². The van der Waals surface area contributed by atoms with Crippen LogP contribution in [0.25, 0.3) is 10.8 Å². The van der Waals surface area contributed by atoms with Crippen molar-refractivity contribution < 1.29 is 14.3 Å². The van der Waals surface area contributed by atoms with Crippen molar-refractivity contribution in [3.05, 3.63) is 107 Å². The van der Waals surface area contributed by atoms with Gasteiger partial charge in [-0.05, 0) is 64.6 Å². The number of hydrazone groups is 1. The predicted octanol–water partition coefficient (Wildman–Crippen LogP) is 6.62. The number of hydrogen-bond donors (Lipinski definition) is 1. The first kappa shape index (κ1) is 24.0. The highest BCUT2D eigenvalue weighted by Gasteiger charge is 2.10. The number of fused-ring (bicyclic) bond motifs is 1. The van der Waals surface area contributed by atoms with E-state index in [2.05, 4.69) is 49.5 Å². The zero-order valence-corrected chi connectivity index (χ0v) is 20.5. The number of benzene rings is 4. The van der Waals surface area contributed by atoms with E-state index in [-0.39, 0.29) is 5.91 Å². The highest BCUT2D eigenvalue weighted by Crippen LogP contribution is 2.28. The Morgan fingerprint density at radius 3 is 2.49 bits per heavy atom. The van der Waals surface area contributed by atoms with Crippen LogP contribution in [0, 0.1) is 6.92 Å². The van der Waals surface area contributed by atoms with Gasteiger partial charge in [0.15, 0.2) is 0 Å². The van der Waals surface area contributed by atoms with Crippen LogP contribution in [0.2, 0.25) is 0 Å². The van der Waals surface area contributed by atoms with E-state index in [1.54, 1.807) is 25.5 Å². The van der Waals surface area contributed by atoms with Gasteiger partial charge in [0.1, 0.15) is 18.1 Å². The van der Waals surface area contributed by atoms with Gasteiger partial charge in [-0.3, -0.25) is 4.79 Å². The molecule has 0 atom stereocenters. The molecular formula is C30H30N2O3. The van der Waals surface area contributed by atoms with Crippen LogP contribution in [-0.2, 0) is 6.61 Å². The van der Waals surface area contributed by atoms with Crippen molar-refractivity contribution in [2.24, 2.45) is 5.10 Å². The smallest absolute Gasteiger partial charge is 0.271 e. The Bertz CT molecular complexity index is 1360. The van der Waals surface area contributed by atoms with E-state index in [1.807, 2.05) is 48.5 Å². The molecule has 0 aliphatic heterocycles.